The number of fused-ring (bicyclic) bond motifs is 2. The number of aromatic hydroxyl groups is 1. The van der Waals surface area contributed by atoms with Crippen LogP contribution in [0.3, 0.4) is 0 Å². The highest BCUT2D eigenvalue weighted by atomic mass is 35.5. The third kappa shape index (κ3) is 19.7. The number of aromatic amines is 1. The summed E-state index contributed by atoms with van der Waals surface area (Å²) in [5.74, 6) is -0.246. The van der Waals surface area contributed by atoms with Gasteiger partial charge in [-0.2, -0.15) is 0 Å². The Kier molecular flexibility index (Phi) is 26.1. The molecule has 1 aliphatic carbocycles. The van der Waals surface area contributed by atoms with E-state index in [0.717, 1.165) is 105 Å². The molecule has 4 aliphatic rings. The van der Waals surface area contributed by atoms with Crippen LogP contribution in [0, 0.1) is 39.9 Å². The van der Waals surface area contributed by atoms with Gasteiger partial charge in [0.25, 0.3) is 17.5 Å². The smallest absolute Gasteiger partial charge is 0.343 e. The Hall–Kier alpha value is -14.5. The van der Waals surface area contributed by atoms with Crippen molar-refractivity contribution in [1.82, 2.24) is 57.5 Å². The fourth-order valence-corrected chi connectivity index (χ4v) is 16.4. The van der Waals surface area contributed by atoms with Crippen LogP contribution in [0.4, 0.5) is 19.9 Å². The molecule has 0 saturated carbocycles. The fraction of sp³-hybridized carbons (Fsp3) is 0.200. The van der Waals surface area contributed by atoms with Gasteiger partial charge < -0.3 is 33.9 Å². The molecule has 0 radical (unpaired) electrons. The number of hydrogen-bond acceptors (Lipinski definition) is 21. The summed E-state index contributed by atoms with van der Waals surface area (Å²) in [5.41, 5.74) is 11.3. The predicted octanol–water partition coefficient (Wildman–Crippen LogP) is 15.4. The molecule has 3 N–H and O–H groups in total. The monoisotopic (exact) mass is 1710 g/mol. The average molecular weight is 1710 g/mol. The first-order valence-corrected chi connectivity index (χ1v) is 40.9. The highest BCUT2D eigenvalue weighted by Crippen LogP contribution is 2.42. The minimum atomic E-state index is -0.632. The number of H-pyrrole nitrogens is 1. The number of ketones is 3. The lowest BCUT2D eigenvalue weighted by molar-refractivity contribution is -0.385. The van der Waals surface area contributed by atoms with Gasteiger partial charge in [-0.3, -0.25) is 58.7 Å². The number of likely N-dealkylation sites (tertiary alicyclic amines) is 1. The van der Waals surface area contributed by atoms with Gasteiger partial charge in [0, 0.05) is 121 Å². The number of hydrogen-bond donors (Lipinski definition) is 3. The number of methoxy groups -OCH3 is 1. The highest BCUT2D eigenvalue weighted by molar-refractivity contribution is 7.15. The van der Waals surface area contributed by atoms with Gasteiger partial charge in [0.2, 0.25) is 5.88 Å². The van der Waals surface area contributed by atoms with Crippen molar-refractivity contribution in [3.63, 3.8) is 0 Å². The van der Waals surface area contributed by atoms with Crippen LogP contribution in [0.1, 0.15) is 87.3 Å². The number of Topliss-reactive ketones (excluding diaryl/α,β-unsaturated/α-hetero) is 3. The number of nitro groups is 2. The highest BCUT2D eigenvalue weighted by Gasteiger charge is 2.38. The Morgan fingerprint density at radius 2 is 1.43 bits per heavy atom. The Balaban J connectivity index is 0.000000130. The quantitative estimate of drug-likeness (QED) is 0.0311. The Morgan fingerprint density at radius 3 is 2.15 bits per heavy atom. The molecule has 3 aliphatic heterocycles. The lowest BCUT2D eigenvalue weighted by atomic mass is 9.95. The van der Waals surface area contributed by atoms with E-state index < -0.39 is 27.5 Å². The number of ether oxygens (including phenoxy) is 2. The number of carbonyl (C=O) groups excluding carboxylic acids is 6. The summed E-state index contributed by atoms with van der Waals surface area (Å²) in [5, 5.41) is 36.0. The molecule has 624 valence electrons. The summed E-state index contributed by atoms with van der Waals surface area (Å²) in [7, 11) is 3.20. The largest absolute Gasteiger partial charge is 0.508 e. The van der Waals surface area contributed by atoms with E-state index in [1.807, 2.05) is 126 Å². The zero-order valence-electron chi connectivity index (χ0n) is 66.7. The second kappa shape index (κ2) is 37.8. The third-order valence-electron chi connectivity index (χ3n) is 20.8. The molecule has 18 rings (SSSR count). The summed E-state index contributed by atoms with van der Waals surface area (Å²) in [6.45, 7) is 7.03. The van der Waals surface area contributed by atoms with Crippen LogP contribution in [-0.4, -0.2) is 129 Å². The number of nitrogens with one attached hydrogen (secondary N) is 2. The van der Waals surface area contributed by atoms with Crippen LogP contribution in [0.25, 0.3) is 55.6 Å². The maximum atomic E-state index is 15.0. The van der Waals surface area contributed by atoms with E-state index >= 15 is 4.39 Å². The molecule has 0 atom stereocenters. The lowest BCUT2D eigenvalue weighted by Crippen LogP contribution is -2.45. The number of allylic oxidation sites excluding steroid dienone is 2. The number of imidazole rings is 1. The fourth-order valence-electron chi connectivity index (χ4n) is 14.7. The molecule has 1 saturated heterocycles. The number of imide groups is 1. The molecule has 123 heavy (non-hydrogen) atoms. The Bertz CT molecular complexity index is 6660. The normalized spacial score (nSPS) is 13.6. The molecular weight excluding hydrogens is 1640 g/mol. The number of para-hydroxylation sites is 1. The molecule has 4 amide bonds. The van der Waals surface area contributed by atoms with Crippen molar-refractivity contribution in [2.75, 3.05) is 26.7 Å². The van der Waals surface area contributed by atoms with Crippen LogP contribution < -0.4 is 25.4 Å². The van der Waals surface area contributed by atoms with Crippen LogP contribution in [0.5, 0.6) is 23.1 Å². The SMILES string of the molecule is COc1ccc(CCC(=O)Cc2ncc([N+](=O)[O-])s2)cc1.Cc1ccc(CC2=C(c3ccccc3[N+](=O)[O-])C(=O)NC2=O)cc1Cl.Cc1cccc(-c2cc3c(Oc4cccc(O)c4)ncnc3[nH]2)c1.Cn1sc(=O)n(Cc2ccccc2)c1=O.O=C1CC(=O)C(c2cnc3ccccn23)=C1c1cn2c3c(cc(F)cc13)CN(C(=O)N1CCCCC1)CC2. The van der Waals surface area contributed by atoms with Crippen LogP contribution in [-0.2, 0) is 69.9 Å². The summed E-state index contributed by atoms with van der Waals surface area (Å²) in [4.78, 5) is 143. The number of pyridine rings is 1. The number of urea groups is 1. The molecule has 14 aromatic rings. The van der Waals surface area contributed by atoms with Gasteiger partial charge in [-0.1, -0.05) is 114 Å². The van der Waals surface area contributed by atoms with Gasteiger partial charge >= 0.3 is 21.6 Å². The molecule has 1 fully saturated rings. The van der Waals surface area contributed by atoms with Crippen LogP contribution in [0.15, 0.2) is 228 Å². The van der Waals surface area contributed by atoms with Crippen molar-refractivity contribution in [1.29, 1.82) is 0 Å². The number of piperidine rings is 1. The second-order valence-electron chi connectivity index (χ2n) is 29.2. The topological polar surface area (TPSA) is 367 Å². The number of nitro benzene ring substituents is 1. The first kappa shape index (κ1) is 84.9. The van der Waals surface area contributed by atoms with Crippen molar-refractivity contribution in [2.45, 2.75) is 84.8 Å². The molecule has 29 nitrogen and oxygen atoms in total. The zero-order chi connectivity index (χ0) is 86.7. The van der Waals surface area contributed by atoms with Crippen molar-refractivity contribution >= 4 is 125 Å². The van der Waals surface area contributed by atoms with E-state index in [9.17, 15) is 63.7 Å². The molecule has 0 unspecified atom stereocenters. The summed E-state index contributed by atoms with van der Waals surface area (Å²) >= 11 is 7.99. The molecule has 10 heterocycles. The van der Waals surface area contributed by atoms with Crippen molar-refractivity contribution in [3.05, 3.63) is 325 Å². The predicted molar refractivity (Wildman–Crippen MR) is 463 cm³/mol. The van der Waals surface area contributed by atoms with Crippen molar-refractivity contribution in [2.24, 2.45) is 7.05 Å². The van der Waals surface area contributed by atoms with E-state index in [4.69, 9.17) is 21.1 Å². The van der Waals surface area contributed by atoms with E-state index in [1.165, 1.54) is 56.9 Å². The number of halogens is 2. The minimum absolute atomic E-state index is 0.0118. The van der Waals surface area contributed by atoms with Gasteiger partial charge in [-0.25, -0.2) is 42.4 Å². The number of carbonyl (C=O) groups is 6. The van der Waals surface area contributed by atoms with Crippen molar-refractivity contribution in [3.8, 4) is 34.4 Å². The molecule has 7 aromatic heterocycles. The molecule has 33 heteroatoms. The number of benzene rings is 7. The number of nitrogens with zero attached hydrogens (tertiary/aromatic N) is 12. The molecule has 0 bridgehead atoms. The Morgan fingerprint density at radius 1 is 0.683 bits per heavy atom. The number of aromatic nitrogens is 9. The van der Waals surface area contributed by atoms with Gasteiger partial charge in [0.15, 0.2) is 11.6 Å². The number of rotatable bonds is 18. The lowest BCUT2D eigenvalue weighted by Gasteiger charge is -2.32. The van der Waals surface area contributed by atoms with Gasteiger partial charge in [0.05, 0.1) is 75.8 Å². The van der Waals surface area contributed by atoms with Gasteiger partial charge in [-0.05, 0) is 157 Å². The Labute approximate surface area is 713 Å². The summed E-state index contributed by atoms with van der Waals surface area (Å²) < 4.78 is 32.3. The number of aryl methyl sites for hydroxylation is 4. The second-order valence-corrected chi connectivity index (χ2v) is 31.8. The molecule has 7 aromatic carbocycles. The van der Waals surface area contributed by atoms with E-state index in [2.05, 4.69) is 49.3 Å². The number of thiazole rings is 1. The summed E-state index contributed by atoms with van der Waals surface area (Å²) in [6, 6.07) is 53.5. The standard InChI is InChI=1S/C29H26FN5O3.C19H15N3O2.C18H13ClN2O4.C14H14N2O4S.C10H10N2O2S/c30-19-12-18-16-34(29(38)32-7-3-1-4-8-32)11-10-33-17-21(20(13-19)28(18)33)26-23(36)14-24(37)27(26)22-15-31-25-6-2-5-9-35(22)25;1-12-4-2-5-13(8-12)17-10-16-18(22-17)20-11-21-19(16)24-15-7-3-6-14(23)9-15;1-10-6-7-11(9-14(10)19)8-13-16(18(23)20-17(13)22)12-4-2-3-5-15(12)21(24)25;1-20-12-6-3-10(4-7-12)2-5-11(17)8-13-15-9-14(21-13)16(18)19;1-11-9(13)12(10(14)15-11)7-8-5-3-2-4-6-8/h2,5-6,9,12-13,15,17H,1,3-4,7-8,10-11,14,16H2;2-11,23H,1H3,(H,20,21,22);2-7,9H,8H2,1H3,(H,20,22,23);3-4,6-7,9H,2,5,8H2,1H3;2-6H,7H2,1H3. The first-order valence-electron chi connectivity index (χ1n) is 38.9. The maximum absolute atomic E-state index is 15.0. The van der Waals surface area contributed by atoms with Gasteiger partial charge in [-0.15, -0.1) is 0 Å². The van der Waals surface area contributed by atoms with E-state index in [-0.39, 0.29) is 86.4 Å². The molecule has 0 spiro atoms. The third-order valence-corrected chi connectivity index (χ3v) is 22.9. The maximum Gasteiger partial charge on any atom is 0.343 e. The number of amides is 4. The molecular formula is C90H78ClFN14O15S2. The first-order chi connectivity index (χ1) is 59.3. The van der Waals surface area contributed by atoms with E-state index in [1.54, 1.807) is 72.1 Å². The minimum Gasteiger partial charge on any atom is -0.508 e. The average Bonchev–Trinajstić information content (AvgIpc) is 1.57. The number of phenolic OH excluding ortho intramolecular Hbond substituents is 1. The van der Waals surface area contributed by atoms with E-state index in [0.29, 0.717) is 105 Å². The summed E-state index contributed by atoms with van der Waals surface area (Å²) in [6.07, 6.45) is 12.2. The van der Waals surface area contributed by atoms with Gasteiger partial charge in [0.1, 0.15) is 57.7 Å². The van der Waals surface area contributed by atoms with Crippen molar-refractivity contribution < 1.29 is 57.6 Å². The zero-order valence-corrected chi connectivity index (χ0v) is 69.1. The van der Waals surface area contributed by atoms with Crippen LogP contribution in [0.2, 0.25) is 5.02 Å². The number of phenols is 1. The van der Waals surface area contributed by atoms with Crippen LogP contribution >= 0.6 is 34.5 Å².